The first-order valence-corrected chi connectivity index (χ1v) is 11.1. The Morgan fingerprint density at radius 3 is 2.48 bits per heavy atom. The Labute approximate surface area is 196 Å². The van der Waals surface area contributed by atoms with Crippen LogP contribution in [0.3, 0.4) is 0 Å². The molecule has 0 amide bonds. The molecule has 0 atom stereocenters. The lowest BCUT2D eigenvalue weighted by Crippen LogP contribution is -2.32. The Balaban J connectivity index is 1.50. The number of ether oxygens (including phenoxy) is 2. The zero-order chi connectivity index (χ0) is 23.0. The Hall–Kier alpha value is -3.66. The largest absolute Gasteiger partial charge is 0.493 e. The molecule has 9 heteroatoms. The maximum Gasteiger partial charge on any atom is 0.492 e. The van der Waals surface area contributed by atoms with E-state index in [4.69, 9.17) is 9.47 Å². The van der Waals surface area contributed by atoms with Gasteiger partial charge in [0.1, 0.15) is 6.61 Å². The normalized spacial score (nSPS) is 10.9. The minimum atomic E-state index is -1.74. The van der Waals surface area contributed by atoms with E-state index in [0.29, 0.717) is 16.4 Å². The lowest BCUT2D eigenvalue weighted by molar-refractivity contribution is 0.285. The van der Waals surface area contributed by atoms with Gasteiger partial charge in [0, 0.05) is 16.4 Å². The molecule has 4 rings (SSSR count). The van der Waals surface area contributed by atoms with Crippen molar-refractivity contribution in [2.75, 3.05) is 12.5 Å². The number of nitrogens with zero attached hydrogens (tertiary/aromatic N) is 2. The van der Waals surface area contributed by atoms with Gasteiger partial charge in [0.15, 0.2) is 11.5 Å². The molecule has 0 saturated carbocycles. The molecule has 0 unspecified atom stereocenters. The fraction of sp³-hybridized carbons (Fsp3) is 0.0833. The van der Waals surface area contributed by atoms with Crippen molar-refractivity contribution >= 4 is 35.3 Å². The van der Waals surface area contributed by atoms with Gasteiger partial charge < -0.3 is 19.5 Å². The van der Waals surface area contributed by atoms with Crippen molar-refractivity contribution in [1.82, 2.24) is 4.98 Å². The highest BCUT2D eigenvalue weighted by atomic mass is 32.1. The number of hydrazone groups is 1. The number of nitrogens with one attached hydrogen (secondary N) is 1. The molecule has 0 aliphatic carbocycles. The number of hydrogen-bond acceptors (Lipinski definition) is 8. The van der Waals surface area contributed by atoms with Crippen LogP contribution in [0.15, 0.2) is 83.3 Å². The summed E-state index contributed by atoms with van der Waals surface area (Å²) in [5.74, 6) is 0.646. The van der Waals surface area contributed by atoms with Crippen LogP contribution < -0.4 is 20.4 Å². The summed E-state index contributed by atoms with van der Waals surface area (Å²) < 4.78 is 11.3. The Kier molecular flexibility index (Phi) is 7.36. The highest BCUT2D eigenvalue weighted by Gasteiger charge is 2.22. The molecule has 1 heterocycles. The maximum absolute atomic E-state index is 9.91. The Morgan fingerprint density at radius 1 is 1.06 bits per heavy atom. The van der Waals surface area contributed by atoms with E-state index in [-0.39, 0.29) is 17.8 Å². The average molecular weight is 459 g/mol. The monoisotopic (exact) mass is 459 g/mol. The molecule has 0 spiro atoms. The zero-order valence-corrected chi connectivity index (χ0v) is 18.7. The van der Waals surface area contributed by atoms with Crippen LogP contribution in [0.5, 0.6) is 11.5 Å². The number of anilines is 1. The van der Waals surface area contributed by atoms with Gasteiger partial charge in [0.05, 0.1) is 19.0 Å². The van der Waals surface area contributed by atoms with Gasteiger partial charge in [-0.15, -0.1) is 11.3 Å². The first-order chi connectivity index (χ1) is 16.1. The summed E-state index contributed by atoms with van der Waals surface area (Å²) in [7, 11) is -0.240. The molecule has 0 bridgehead atoms. The van der Waals surface area contributed by atoms with E-state index < -0.39 is 7.12 Å². The zero-order valence-electron chi connectivity index (χ0n) is 17.9. The van der Waals surface area contributed by atoms with E-state index in [1.54, 1.807) is 18.3 Å². The first kappa shape index (κ1) is 22.5. The van der Waals surface area contributed by atoms with Gasteiger partial charge in [0.2, 0.25) is 5.13 Å². The minimum Gasteiger partial charge on any atom is -0.493 e. The summed E-state index contributed by atoms with van der Waals surface area (Å²) in [5, 5.41) is 26.7. The lowest BCUT2D eigenvalue weighted by atomic mass is 9.78. The number of thiazole rings is 1. The summed E-state index contributed by atoms with van der Waals surface area (Å²) in [4.78, 5) is 4.53. The standard InChI is InChI=1S/C24H22BN3O4S/c1-31-22-13-18(12-20(25(29)30)23(22)32-15-17-8-4-2-5-9-17)14-26-28-24-27-21(16-33-24)19-10-6-3-7-11-19/h2-14,16,29-30H,15H2,1H3,(H,27,28). The third kappa shape index (κ3) is 5.78. The lowest BCUT2D eigenvalue weighted by Gasteiger charge is -2.16. The number of hydrogen-bond donors (Lipinski definition) is 3. The van der Waals surface area contributed by atoms with Crippen molar-refractivity contribution in [2.45, 2.75) is 6.61 Å². The fourth-order valence-electron chi connectivity index (χ4n) is 3.18. The van der Waals surface area contributed by atoms with Gasteiger partial charge in [-0.25, -0.2) is 4.98 Å². The molecule has 0 aliphatic heterocycles. The van der Waals surface area contributed by atoms with Crippen molar-refractivity contribution in [3.8, 4) is 22.8 Å². The molecule has 0 aliphatic rings. The topological polar surface area (TPSA) is 96.2 Å². The van der Waals surface area contributed by atoms with Crippen LogP contribution in [0.4, 0.5) is 5.13 Å². The molecule has 3 N–H and O–H groups in total. The van der Waals surface area contributed by atoms with Gasteiger partial charge in [-0.3, -0.25) is 5.43 Å². The molecule has 1 aromatic heterocycles. The van der Waals surface area contributed by atoms with Crippen LogP contribution in [-0.4, -0.2) is 35.5 Å². The van der Waals surface area contributed by atoms with Crippen molar-refractivity contribution in [3.05, 3.63) is 89.3 Å². The third-order valence-corrected chi connectivity index (χ3v) is 5.52. The van der Waals surface area contributed by atoms with Crippen molar-refractivity contribution < 1.29 is 19.5 Å². The number of aromatic nitrogens is 1. The summed E-state index contributed by atoms with van der Waals surface area (Å²) >= 11 is 1.44. The summed E-state index contributed by atoms with van der Waals surface area (Å²) in [6, 6.07) is 22.8. The molecule has 0 saturated heterocycles. The van der Waals surface area contributed by atoms with E-state index in [1.165, 1.54) is 18.4 Å². The highest BCUT2D eigenvalue weighted by Crippen LogP contribution is 2.28. The Morgan fingerprint density at radius 2 is 1.79 bits per heavy atom. The second-order valence-corrected chi connectivity index (χ2v) is 7.92. The Bertz CT molecular complexity index is 1220. The quantitative estimate of drug-likeness (QED) is 0.201. The van der Waals surface area contributed by atoms with Crippen LogP contribution >= 0.6 is 11.3 Å². The minimum absolute atomic E-state index is 0.187. The third-order valence-electron chi connectivity index (χ3n) is 4.78. The molecule has 166 valence electrons. The van der Waals surface area contributed by atoms with Crippen molar-refractivity contribution in [1.29, 1.82) is 0 Å². The molecule has 3 aromatic carbocycles. The molecular formula is C24H22BN3O4S. The van der Waals surface area contributed by atoms with Gasteiger partial charge in [0.25, 0.3) is 0 Å². The van der Waals surface area contributed by atoms with Crippen molar-refractivity contribution in [3.63, 3.8) is 0 Å². The van der Waals surface area contributed by atoms with E-state index in [0.717, 1.165) is 16.8 Å². The van der Waals surface area contributed by atoms with E-state index in [2.05, 4.69) is 15.5 Å². The molecular weight excluding hydrogens is 437 g/mol. The predicted molar refractivity (Wildman–Crippen MR) is 132 cm³/mol. The maximum atomic E-state index is 9.91. The SMILES string of the molecule is COc1cc(C=NNc2nc(-c3ccccc3)cs2)cc(B(O)O)c1OCc1ccccc1. The van der Waals surface area contributed by atoms with Crippen LogP contribution in [0, 0.1) is 0 Å². The molecule has 33 heavy (non-hydrogen) atoms. The summed E-state index contributed by atoms with van der Waals surface area (Å²) in [6.45, 7) is 0.264. The van der Waals surface area contributed by atoms with Gasteiger partial charge >= 0.3 is 7.12 Å². The van der Waals surface area contributed by atoms with Gasteiger partial charge in [-0.05, 0) is 23.3 Å². The predicted octanol–water partition coefficient (Wildman–Crippen LogP) is 3.52. The van der Waals surface area contributed by atoms with Gasteiger partial charge in [-0.2, -0.15) is 5.10 Å². The van der Waals surface area contributed by atoms with Crippen LogP contribution in [0.2, 0.25) is 0 Å². The second-order valence-electron chi connectivity index (χ2n) is 7.06. The first-order valence-electron chi connectivity index (χ1n) is 10.2. The second kappa shape index (κ2) is 10.8. The summed E-state index contributed by atoms with van der Waals surface area (Å²) in [6.07, 6.45) is 1.55. The van der Waals surface area contributed by atoms with E-state index in [9.17, 15) is 10.0 Å². The van der Waals surface area contributed by atoms with Crippen molar-refractivity contribution in [2.24, 2.45) is 5.10 Å². The molecule has 7 nitrogen and oxygen atoms in total. The van der Waals surface area contributed by atoms with E-state index >= 15 is 0 Å². The fourth-order valence-corrected chi connectivity index (χ4v) is 3.85. The molecule has 4 aromatic rings. The van der Waals surface area contributed by atoms with Crippen LogP contribution in [0.25, 0.3) is 11.3 Å². The molecule has 0 fully saturated rings. The smallest absolute Gasteiger partial charge is 0.492 e. The van der Waals surface area contributed by atoms with Gasteiger partial charge in [-0.1, -0.05) is 60.7 Å². The highest BCUT2D eigenvalue weighted by molar-refractivity contribution is 7.14. The van der Waals surface area contributed by atoms with Crippen LogP contribution in [-0.2, 0) is 6.61 Å². The average Bonchev–Trinajstić information content (AvgIpc) is 3.32. The molecule has 0 radical (unpaired) electrons. The summed E-state index contributed by atoms with van der Waals surface area (Å²) in [5.41, 5.74) is 6.55. The van der Waals surface area contributed by atoms with Crippen LogP contribution in [0.1, 0.15) is 11.1 Å². The number of benzene rings is 3. The number of methoxy groups -OCH3 is 1. The number of rotatable bonds is 9. The van der Waals surface area contributed by atoms with E-state index in [1.807, 2.05) is 66.0 Å².